The summed E-state index contributed by atoms with van der Waals surface area (Å²) in [6, 6.07) is 2.14. The van der Waals surface area contributed by atoms with Crippen molar-refractivity contribution in [2.24, 2.45) is 5.92 Å². The lowest BCUT2D eigenvalue weighted by molar-refractivity contribution is -0.121. The number of hydrogen-bond donors (Lipinski definition) is 3. The number of rotatable bonds is 4. The standard InChI is InChI=1S/C17H27N5O2/c1-2-13-10-15(21-20-13)19-16(23)12-6-5-9-22(11-12)17(24)18-14-7-3-4-8-14/h10,12,14H,2-9,11H2,1H3,(H,18,24)(H2,19,20,21,23)/t12-/m1/s1. The molecular formula is C17H27N5O2. The predicted molar refractivity (Wildman–Crippen MR) is 91.7 cm³/mol. The molecule has 1 atom stereocenters. The molecule has 1 aromatic heterocycles. The number of urea groups is 1. The van der Waals surface area contributed by atoms with Crippen molar-refractivity contribution in [3.63, 3.8) is 0 Å². The number of likely N-dealkylation sites (tertiary alicyclic amines) is 1. The van der Waals surface area contributed by atoms with E-state index in [1.54, 1.807) is 4.90 Å². The lowest BCUT2D eigenvalue weighted by Crippen LogP contribution is -2.49. The maximum Gasteiger partial charge on any atom is 0.317 e. The van der Waals surface area contributed by atoms with Gasteiger partial charge in [0.25, 0.3) is 0 Å². The summed E-state index contributed by atoms with van der Waals surface area (Å²) in [6.07, 6.45) is 7.05. The van der Waals surface area contributed by atoms with Gasteiger partial charge >= 0.3 is 6.03 Å². The van der Waals surface area contributed by atoms with Gasteiger partial charge in [0.2, 0.25) is 5.91 Å². The van der Waals surface area contributed by atoms with E-state index in [1.807, 2.05) is 13.0 Å². The number of nitrogens with zero attached hydrogens (tertiary/aromatic N) is 2. The number of nitrogens with one attached hydrogen (secondary N) is 3. The molecule has 0 spiro atoms. The molecule has 2 fully saturated rings. The Morgan fingerprint density at radius 2 is 2.08 bits per heavy atom. The summed E-state index contributed by atoms with van der Waals surface area (Å²) >= 11 is 0. The van der Waals surface area contributed by atoms with Crippen molar-refractivity contribution in [3.8, 4) is 0 Å². The van der Waals surface area contributed by atoms with E-state index in [4.69, 9.17) is 0 Å². The summed E-state index contributed by atoms with van der Waals surface area (Å²) in [7, 11) is 0. The highest BCUT2D eigenvalue weighted by atomic mass is 16.2. The molecule has 0 bridgehead atoms. The van der Waals surface area contributed by atoms with E-state index < -0.39 is 0 Å². The summed E-state index contributed by atoms with van der Waals surface area (Å²) < 4.78 is 0. The number of carbonyl (C=O) groups excluding carboxylic acids is 2. The zero-order valence-electron chi connectivity index (χ0n) is 14.3. The van der Waals surface area contributed by atoms with Crippen LogP contribution in [0.5, 0.6) is 0 Å². The molecule has 1 aromatic rings. The Kier molecular flexibility index (Phi) is 5.37. The maximum absolute atomic E-state index is 12.5. The van der Waals surface area contributed by atoms with E-state index >= 15 is 0 Å². The van der Waals surface area contributed by atoms with Gasteiger partial charge in [0.1, 0.15) is 0 Å². The third kappa shape index (κ3) is 4.07. The number of aromatic amines is 1. The number of aryl methyl sites for hydroxylation is 1. The van der Waals surface area contributed by atoms with Crippen molar-refractivity contribution >= 4 is 17.8 Å². The molecule has 7 heteroatoms. The number of amides is 3. The van der Waals surface area contributed by atoms with Gasteiger partial charge in [-0.2, -0.15) is 5.10 Å². The second-order valence-corrected chi connectivity index (χ2v) is 6.84. The zero-order valence-corrected chi connectivity index (χ0v) is 14.3. The van der Waals surface area contributed by atoms with Gasteiger partial charge in [0.15, 0.2) is 5.82 Å². The molecule has 0 unspecified atom stereocenters. The number of piperidine rings is 1. The van der Waals surface area contributed by atoms with Gasteiger partial charge in [0.05, 0.1) is 5.92 Å². The van der Waals surface area contributed by atoms with Gasteiger partial charge in [-0.3, -0.25) is 9.89 Å². The van der Waals surface area contributed by atoms with Crippen LogP contribution in [0, 0.1) is 5.92 Å². The summed E-state index contributed by atoms with van der Waals surface area (Å²) in [6.45, 7) is 3.24. The number of anilines is 1. The van der Waals surface area contributed by atoms with E-state index in [9.17, 15) is 9.59 Å². The van der Waals surface area contributed by atoms with Gasteiger partial charge in [-0.25, -0.2) is 4.79 Å². The van der Waals surface area contributed by atoms with E-state index in [0.717, 1.165) is 44.3 Å². The Bertz CT molecular complexity index is 579. The van der Waals surface area contributed by atoms with Gasteiger partial charge in [-0.05, 0) is 32.1 Å². The molecule has 1 saturated heterocycles. The molecule has 1 aliphatic heterocycles. The van der Waals surface area contributed by atoms with Crippen LogP contribution in [0.4, 0.5) is 10.6 Å². The van der Waals surface area contributed by atoms with Crippen LogP contribution in [0.15, 0.2) is 6.07 Å². The molecule has 2 aliphatic rings. The fourth-order valence-corrected chi connectivity index (χ4v) is 3.55. The molecule has 3 N–H and O–H groups in total. The maximum atomic E-state index is 12.5. The van der Waals surface area contributed by atoms with E-state index in [2.05, 4.69) is 20.8 Å². The molecule has 2 heterocycles. The SMILES string of the molecule is CCc1cc(NC(=O)[C@@H]2CCCN(C(=O)NC3CCCC3)C2)n[nH]1. The number of aromatic nitrogens is 2. The third-order valence-electron chi connectivity index (χ3n) is 5.03. The summed E-state index contributed by atoms with van der Waals surface area (Å²) in [5.74, 6) is 0.335. The van der Waals surface area contributed by atoms with Gasteiger partial charge in [-0.15, -0.1) is 0 Å². The fourth-order valence-electron chi connectivity index (χ4n) is 3.55. The van der Waals surface area contributed by atoms with Gasteiger partial charge in [0, 0.05) is 30.9 Å². The Hall–Kier alpha value is -2.05. The van der Waals surface area contributed by atoms with Crippen LogP contribution in [0.3, 0.4) is 0 Å². The second kappa shape index (κ2) is 7.68. The zero-order chi connectivity index (χ0) is 16.9. The average Bonchev–Trinajstić information content (AvgIpc) is 3.26. The van der Waals surface area contributed by atoms with Crippen molar-refractivity contribution in [2.45, 2.75) is 57.9 Å². The minimum atomic E-state index is -0.171. The Balaban J connectivity index is 1.52. The summed E-state index contributed by atoms with van der Waals surface area (Å²) in [5.41, 5.74) is 0.992. The predicted octanol–water partition coefficient (Wildman–Crippen LogP) is 2.27. The van der Waals surface area contributed by atoms with Crippen molar-refractivity contribution < 1.29 is 9.59 Å². The highest BCUT2D eigenvalue weighted by molar-refractivity contribution is 5.92. The van der Waals surface area contributed by atoms with Gasteiger partial charge in [-0.1, -0.05) is 19.8 Å². The van der Waals surface area contributed by atoms with Crippen LogP contribution in [0.25, 0.3) is 0 Å². The molecule has 0 aromatic carbocycles. The van der Waals surface area contributed by atoms with E-state index in [-0.39, 0.29) is 17.9 Å². The van der Waals surface area contributed by atoms with Crippen LogP contribution >= 0.6 is 0 Å². The minimum absolute atomic E-state index is 0.0209. The van der Waals surface area contributed by atoms with Crippen LogP contribution in [-0.4, -0.2) is 46.2 Å². The lowest BCUT2D eigenvalue weighted by atomic mass is 9.97. The Labute approximate surface area is 142 Å². The molecule has 3 amide bonds. The smallest absolute Gasteiger partial charge is 0.317 e. The highest BCUT2D eigenvalue weighted by Crippen LogP contribution is 2.21. The first-order chi connectivity index (χ1) is 11.7. The molecule has 7 nitrogen and oxygen atoms in total. The normalized spacial score (nSPS) is 21.7. The molecular weight excluding hydrogens is 306 g/mol. The van der Waals surface area contributed by atoms with Gasteiger partial charge < -0.3 is 15.5 Å². The first kappa shape index (κ1) is 16.8. The average molecular weight is 333 g/mol. The third-order valence-corrected chi connectivity index (χ3v) is 5.03. The largest absolute Gasteiger partial charge is 0.335 e. The van der Waals surface area contributed by atoms with Crippen LogP contribution < -0.4 is 10.6 Å². The minimum Gasteiger partial charge on any atom is -0.335 e. The van der Waals surface area contributed by atoms with Crippen LogP contribution in [-0.2, 0) is 11.2 Å². The first-order valence-corrected chi connectivity index (χ1v) is 9.06. The summed E-state index contributed by atoms with van der Waals surface area (Å²) in [4.78, 5) is 26.6. The first-order valence-electron chi connectivity index (χ1n) is 9.06. The number of H-pyrrole nitrogens is 1. The number of hydrogen-bond acceptors (Lipinski definition) is 3. The quantitative estimate of drug-likeness (QED) is 0.789. The second-order valence-electron chi connectivity index (χ2n) is 6.84. The molecule has 0 radical (unpaired) electrons. The van der Waals surface area contributed by atoms with Crippen molar-refractivity contribution in [1.29, 1.82) is 0 Å². The number of carbonyl (C=O) groups is 2. The Morgan fingerprint density at radius 1 is 1.29 bits per heavy atom. The highest BCUT2D eigenvalue weighted by Gasteiger charge is 2.30. The van der Waals surface area contributed by atoms with Crippen LogP contribution in [0.2, 0.25) is 0 Å². The fraction of sp³-hybridized carbons (Fsp3) is 0.706. The van der Waals surface area contributed by atoms with Crippen LogP contribution in [0.1, 0.15) is 51.1 Å². The molecule has 3 rings (SSSR count). The van der Waals surface area contributed by atoms with Crippen molar-refractivity contribution in [2.75, 3.05) is 18.4 Å². The Morgan fingerprint density at radius 3 is 2.79 bits per heavy atom. The molecule has 24 heavy (non-hydrogen) atoms. The summed E-state index contributed by atoms with van der Waals surface area (Å²) in [5, 5.41) is 13.0. The van der Waals surface area contributed by atoms with E-state index in [1.165, 1.54) is 12.8 Å². The van der Waals surface area contributed by atoms with E-state index in [0.29, 0.717) is 18.4 Å². The monoisotopic (exact) mass is 333 g/mol. The van der Waals surface area contributed by atoms with Crippen molar-refractivity contribution in [1.82, 2.24) is 20.4 Å². The lowest BCUT2D eigenvalue weighted by Gasteiger charge is -2.32. The van der Waals surface area contributed by atoms with Crippen molar-refractivity contribution in [3.05, 3.63) is 11.8 Å². The molecule has 132 valence electrons. The molecule has 1 saturated carbocycles. The molecule has 1 aliphatic carbocycles. The topological polar surface area (TPSA) is 90.1 Å².